The Kier molecular flexibility index (Phi) is 4.76. The molecule has 2 rings (SSSR count). The average Bonchev–Trinajstić information content (AvgIpc) is 2.40. The number of hydrogen-bond donors (Lipinski definition) is 1. The van der Waals surface area contributed by atoms with E-state index in [1.807, 2.05) is 18.2 Å². The van der Waals surface area contributed by atoms with Crippen LogP contribution in [0.3, 0.4) is 0 Å². The maximum absolute atomic E-state index is 11.3. The van der Waals surface area contributed by atoms with Crippen LogP contribution >= 0.6 is 0 Å². The lowest BCUT2D eigenvalue weighted by molar-refractivity contribution is -0.119. The summed E-state index contributed by atoms with van der Waals surface area (Å²) in [5, 5.41) is 3.06. The number of likely N-dealkylation sites (tertiary alicyclic amines) is 1. The molecule has 1 fully saturated rings. The van der Waals surface area contributed by atoms with Crippen LogP contribution in [0.25, 0.3) is 0 Å². The molecule has 0 radical (unpaired) electrons. The largest absolute Gasteiger partial charge is 0.348 e. The zero-order valence-electron chi connectivity index (χ0n) is 11.1. The third-order valence-corrected chi connectivity index (χ3v) is 3.47. The van der Waals surface area contributed by atoms with Crippen molar-refractivity contribution in [3.63, 3.8) is 0 Å². The Balaban J connectivity index is 2.02. The first-order chi connectivity index (χ1) is 8.75. The molecule has 0 aliphatic carbocycles. The SMILES string of the molecule is CC(=O)N[C@H](CN1CCCCC1)c1ccccc1. The number of hydrogen-bond acceptors (Lipinski definition) is 2. The molecule has 0 bridgehead atoms. The van der Waals surface area contributed by atoms with E-state index in [0.717, 1.165) is 19.6 Å². The first-order valence-electron chi connectivity index (χ1n) is 6.80. The maximum atomic E-state index is 11.3. The van der Waals surface area contributed by atoms with Gasteiger partial charge in [-0.05, 0) is 31.5 Å². The summed E-state index contributed by atoms with van der Waals surface area (Å²) in [5.74, 6) is 0.0425. The fourth-order valence-corrected chi connectivity index (χ4v) is 2.57. The van der Waals surface area contributed by atoms with Crippen molar-refractivity contribution in [2.24, 2.45) is 0 Å². The second-order valence-corrected chi connectivity index (χ2v) is 5.03. The number of amides is 1. The van der Waals surface area contributed by atoms with Gasteiger partial charge in [0.25, 0.3) is 0 Å². The fourth-order valence-electron chi connectivity index (χ4n) is 2.57. The molecule has 0 spiro atoms. The van der Waals surface area contributed by atoms with Crippen molar-refractivity contribution in [3.05, 3.63) is 35.9 Å². The molecule has 1 atom stereocenters. The minimum Gasteiger partial charge on any atom is -0.348 e. The molecule has 1 aliphatic heterocycles. The summed E-state index contributed by atoms with van der Waals surface area (Å²) < 4.78 is 0. The third kappa shape index (κ3) is 3.84. The predicted molar refractivity (Wildman–Crippen MR) is 73.3 cm³/mol. The number of nitrogens with zero attached hydrogens (tertiary/aromatic N) is 1. The minimum atomic E-state index is 0.0425. The van der Waals surface area contributed by atoms with Crippen molar-refractivity contribution in [2.45, 2.75) is 32.2 Å². The summed E-state index contributed by atoms with van der Waals surface area (Å²) in [7, 11) is 0. The summed E-state index contributed by atoms with van der Waals surface area (Å²) in [5.41, 5.74) is 1.19. The molecule has 1 saturated heterocycles. The van der Waals surface area contributed by atoms with Crippen molar-refractivity contribution < 1.29 is 4.79 Å². The van der Waals surface area contributed by atoms with Crippen LogP contribution in [0.5, 0.6) is 0 Å². The second kappa shape index (κ2) is 6.55. The highest BCUT2D eigenvalue weighted by atomic mass is 16.1. The van der Waals surface area contributed by atoms with E-state index in [0.29, 0.717) is 0 Å². The molecule has 1 aromatic rings. The van der Waals surface area contributed by atoms with Gasteiger partial charge >= 0.3 is 0 Å². The summed E-state index contributed by atoms with van der Waals surface area (Å²) in [6.07, 6.45) is 3.90. The van der Waals surface area contributed by atoms with E-state index in [1.54, 1.807) is 6.92 Å². The van der Waals surface area contributed by atoms with Crippen molar-refractivity contribution in [2.75, 3.05) is 19.6 Å². The van der Waals surface area contributed by atoms with Crippen molar-refractivity contribution in [3.8, 4) is 0 Å². The molecule has 1 N–H and O–H groups in total. The van der Waals surface area contributed by atoms with Crippen molar-refractivity contribution in [1.29, 1.82) is 0 Å². The van der Waals surface area contributed by atoms with E-state index < -0.39 is 0 Å². The van der Waals surface area contributed by atoms with Crippen LogP contribution in [-0.2, 0) is 4.79 Å². The number of piperidine rings is 1. The molecule has 98 valence electrons. The summed E-state index contributed by atoms with van der Waals surface area (Å²) in [6.45, 7) is 4.82. The Hall–Kier alpha value is -1.35. The van der Waals surface area contributed by atoms with Gasteiger partial charge < -0.3 is 10.2 Å². The smallest absolute Gasteiger partial charge is 0.217 e. The molecule has 0 unspecified atom stereocenters. The average molecular weight is 246 g/mol. The molecule has 1 heterocycles. The van der Waals surface area contributed by atoms with E-state index in [1.165, 1.54) is 24.8 Å². The normalized spacial score (nSPS) is 18.3. The summed E-state index contributed by atoms with van der Waals surface area (Å²) in [4.78, 5) is 13.8. The number of nitrogens with one attached hydrogen (secondary N) is 1. The van der Waals surface area contributed by atoms with Crippen LogP contribution in [-0.4, -0.2) is 30.4 Å². The molecule has 0 aromatic heterocycles. The number of carbonyl (C=O) groups excluding carboxylic acids is 1. The van der Waals surface area contributed by atoms with Gasteiger partial charge in [-0.3, -0.25) is 4.79 Å². The van der Waals surface area contributed by atoms with Crippen LogP contribution in [0.2, 0.25) is 0 Å². The Morgan fingerprint density at radius 1 is 1.22 bits per heavy atom. The molecule has 18 heavy (non-hydrogen) atoms. The third-order valence-electron chi connectivity index (χ3n) is 3.47. The van der Waals surface area contributed by atoms with Gasteiger partial charge in [0.15, 0.2) is 0 Å². The zero-order chi connectivity index (χ0) is 12.8. The summed E-state index contributed by atoms with van der Waals surface area (Å²) >= 11 is 0. The Bertz CT molecular complexity index is 371. The van der Waals surface area contributed by atoms with Gasteiger partial charge in [-0.25, -0.2) is 0 Å². The van der Waals surface area contributed by atoms with E-state index in [2.05, 4.69) is 22.3 Å². The standard InChI is InChI=1S/C15H22N2O/c1-13(18)16-15(14-8-4-2-5-9-14)12-17-10-6-3-7-11-17/h2,4-5,8-9,15H,3,6-7,10-12H2,1H3,(H,16,18)/t15-/m1/s1. The Morgan fingerprint density at radius 3 is 2.50 bits per heavy atom. The molecule has 3 heteroatoms. The minimum absolute atomic E-state index is 0.0425. The van der Waals surface area contributed by atoms with E-state index in [9.17, 15) is 4.79 Å². The van der Waals surface area contributed by atoms with E-state index >= 15 is 0 Å². The highest BCUT2D eigenvalue weighted by Gasteiger charge is 2.18. The first kappa shape index (κ1) is 13.1. The number of benzene rings is 1. The molecule has 0 saturated carbocycles. The fraction of sp³-hybridized carbons (Fsp3) is 0.533. The lowest BCUT2D eigenvalue weighted by atomic mass is 10.0. The number of carbonyl (C=O) groups is 1. The van der Waals surface area contributed by atoms with Crippen molar-refractivity contribution >= 4 is 5.91 Å². The van der Waals surface area contributed by atoms with Gasteiger partial charge in [0, 0.05) is 13.5 Å². The molecule has 1 aromatic carbocycles. The first-order valence-corrected chi connectivity index (χ1v) is 6.80. The van der Waals surface area contributed by atoms with Gasteiger partial charge in [0.1, 0.15) is 0 Å². The molecular formula is C15H22N2O. The second-order valence-electron chi connectivity index (χ2n) is 5.03. The molecule has 1 aliphatic rings. The van der Waals surface area contributed by atoms with Crippen LogP contribution in [0.4, 0.5) is 0 Å². The quantitative estimate of drug-likeness (QED) is 0.884. The molecule has 3 nitrogen and oxygen atoms in total. The highest BCUT2D eigenvalue weighted by Crippen LogP contribution is 2.17. The van der Waals surface area contributed by atoms with Gasteiger partial charge in [-0.1, -0.05) is 36.8 Å². The highest BCUT2D eigenvalue weighted by molar-refractivity contribution is 5.73. The zero-order valence-corrected chi connectivity index (χ0v) is 11.1. The predicted octanol–water partition coefficient (Wildman–Crippen LogP) is 2.35. The van der Waals surface area contributed by atoms with Gasteiger partial charge in [-0.15, -0.1) is 0 Å². The monoisotopic (exact) mass is 246 g/mol. The van der Waals surface area contributed by atoms with E-state index in [-0.39, 0.29) is 11.9 Å². The van der Waals surface area contributed by atoms with Gasteiger partial charge in [0.2, 0.25) is 5.91 Å². The molecule has 1 amide bonds. The Morgan fingerprint density at radius 2 is 1.89 bits per heavy atom. The van der Waals surface area contributed by atoms with Crippen LogP contribution in [0.1, 0.15) is 37.8 Å². The molecular weight excluding hydrogens is 224 g/mol. The maximum Gasteiger partial charge on any atom is 0.217 e. The number of rotatable bonds is 4. The van der Waals surface area contributed by atoms with Crippen LogP contribution < -0.4 is 5.32 Å². The van der Waals surface area contributed by atoms with Gasteiger partial charge in [0.05, 0.1) is 6.04 Å². The van der Waals surface area contributed by atoms with E-state index in [4.69, 9.17) is 0 Å². The lowest BCUT2D eigenvalue weighted by Crippen LogP contribution is -2.39. The lowest BCUT2D eigenvalue weighted by Gasteiger charge is -2.30. The summed E-state index contributed by atoms with van der Waals surface area (Å²) in [6, 6.07) is 10.4. The topological polar surface area (TPSA) is 32.3 Å². The van der Waals surface area contributed by atoms with Gasteiger partial charge in [-0.2, -0.15) is 0 Å². The van der Waals surface area contributed by atoms with Crippen LogP contribution in [0, 0.1) is 0 Å². The van der Waals surface area contributed by atoms with Crippen LogP contribution in [0.15, 0.2) is 30.3 Å². The van der Waals surface area contributed by atoms with Crippen molar-refractivity contribution in [1.82, 2.24) is 10.2 Å². The Labute approximate surface area is 109 Å².